The Labute approximate surface area is 154 Å². The Morgan fingerprint density at radius 2 is 1.85 bits per heavy atom. The van der Waals surface area contributed by atoms with E-state index in [1.165, 1.54) is 0 Å². The topological polar surface area (TPSA) is 87.7 Å². The highest BCUT2D eigenvalue weighted by Gasteiger charge is 2.48. The first-order chi connectivity index (χ1) is 12.6. The van der Waals surface area contributed by atoms with Gasteiger partial charge in [0.2, 0.25) is 5.91 Å². The fraction of sp³-hybridized carbons (Fsp3) is 0.600. The summed E-state index contributed by atoms with van der Waals surface area (Å²) in [5.41, 5.74) is 7.35. The third kappa shape index (κ3) is 4.43. The van der Waals surface area contributed by atoms with Crippen LogP contribution in [0.1, 0.15) is 54.9 Å². The van der Waals surface area contributed by atoms with Crippen molar-refractivity contribution in [3.8, 4) is 0 Å². The summed E-state index contributed by atoms with van der Waals surface area (Å²) in [6.07, 6.45) is 6.02. The van der Waals surface area contributed by atoms with E-state index < -0.39 is 5.97 Å². The van der Waals surface area contributed by atoms with Crippen LogP contribution in [0.3, 0.4) is 0 Å². The number of hydrazine groups is 1. The van der Waals surface area contributed by atoms with Gasteiger partial charge in [-0.05, 0) is 49.3 Å². The highest BCUT2D eigenvalue weighted by atomic mass is 16.5. The molecule has 2 aliphatic heterocycles. The zero-order valence-electron chi connectivity index (χ0n) is 15.2. The second-order valence-electron chi connectivity index (χ2n) is 7.36. The lowest BCUT2D eigenvalue weighted by atomic mass is 9.76. The van der Waals surface area contributed by atoms with Crippen LogP contribution in [-0.2, 0) is 16.0 Å². The van der Waals surface area contributed by atoms with Gasteiger partial charge in [0.15, 0.2) is 0 Å². The predicted molar refractivity (Wildman–Crippen MR) is 97.7 cm³/mol. The van der Waals surface area contributed by atoms with Gasteiger partial charge in [0, 0.05) is 18.9 Å². The lowest BCUT2D eigenvalue weighted by molar-refractivity contribution is -0.122. The number of carboxylic acid groups (broad SMARTS) is 1. The third-order valence-corrected chi connectivity index (χ3v) is 5.59. The number of aromatic carboxylic acids is 1. The molecule has 1 amide bonds. The summed E-state index contributed by atoms with van der Waals surface area (Å²) < 4.78 is 6.11. The van der Waals surface area contributed by atoms with E-state index in [-0.39, 0.29) is 18.1 Å². The van der Waals surface area contributed by atoms with E-state index in [1.54, 1.807) is 12.1 Å². The van der Waals surface area contributed by atoms with Crippen LogP contribution in [0, 0.1) is 11.8 Å². The van der Waals surface area contributed by atoms with E-state index in [1.807, 2.05) is 12.1 Å². The van der Waals surface area contributed by atoms with E-state index in [0.29, 0.717) is 30.4 Å². The van der Waals surface area contributed by atoms with Crippen LogP contribution >= 0.6 is 0 Å². The average molecular weight is 360 g/mol. The molecule has 1 aromatic rings. The first-order valence-corrected chi connectivity index (χ1v) is 9.58. The highest BCUT2D eigenvalue weighted by molar-refractivity contribution is 5.87. The van der Waals surface area contributed by atoms with Crippen LogP contribution in [-0.4, -0.2) is 35.7 Å². The molecule has 2 saturated heterocycles. The van der Waals surface area contributed by atoms with E-state index >= 15 is 0 Å². The number of nitrogens with one attached hydrogen (secondary N) is 2. The van der Waals surface area contributed by atoms with Gasteiger partial charge in [-0.15, -0.1) is 0 Å². The number of amides is 1. The molecule has 1 aromatic carbocycles. The molecule has 2 fully saturated rings. The van der Waals surface area contributed by atoms with Gasteiger partial charge in [0.1, 0.15) is 0 Å². The Hall–Kier alpha value is -1.92. The van der Waals surface area contributed by atoms with Crippen LogP contribution < -0.4 is 10.9 Å². The van der Waals surface area contributed by atoms with Gasteiger partial charge in [0.05, 0.1) is 17.8 Å². The van der Waals surface area contributed by atoms with Crippen LogP contribution in [0.25, 0.3) is 0 Å². The van der Waals surface area contributed by atoms with Crippen molar-refractivity contribution in [1.29, 1.82) is 0 Å². The number of unbranched alkanes of at least 4 members (excludes halogenated alkanes) is 1. The Kier molecular flexibility index (Phi) is 6.27. The number of hydrogen-bond donors (Lipinski definition) is 3. The number of carbonyl (C=O) groups is 2. The maximum Gasteiger partial charge on any atom is 0.335 e. The van der Waals surface area contributed by atoms with Crippen LogP contribution in [0.4, 0.5) is 0 Å². The fourth-order valence-electron chi connectivity index (χ4n) is 4.16. The summed E-state index contributed by atoms with van der Waals surface area (Å²) >= 11 is 0. The molecule has 0 spiro atoms. The predicted octanol–water partition coefficient (Wildman–Crippen LogP) is 2.53. The maximum atomic E-state index is 11.7. The molecule has 3 rings (SSSR count). The van der Waals surface area contributed by atoms with Gasteiger partial charge in [-0.1, -0.05) is 25.5 Å². The summed E-state index contributed by atoms with van der Waals surface area (Å²) in [4.78, 5) is 22.7. The molecule has 0 aromatic heterocycles. The van der Waals surface area contributed by atoms with E-state index in [4.69, 9.17) is 9.84 Å². The minimum Gasteiger partial charge on any atom is -0.478 e. The summed E-state index contributed by atoms with van der Waals surface area (Å²) in [7, 11) is 0. The quantitative estimate of drug-likeness (QED) is 0.589. The summed E-state index contributed by atoms with van der Waals surface area (Å²) in [5.74, 6) is -0.110. The molecule has 6 nitrogen and oxygen atoms in total. The van der Waals surface area contributed by atoms with Gasteiger partial charge in [-0.25, -0.2) is 10.2 Å². The molecule has 4 atom stereocenters. The van der Waals surface area contributed by atoms with Gasteiger partial charge < -0.3 is 9.84 Å². The van der Waals surface area contributed by atoms with Crippen molar-refractivity contribution < 1.29 is 19.4 Å². The van der Waals surface area contributed by atoms with Crippen LogP contribution in [0.2, 0.25) is 0 Å². The van der Waals surface area contributed by atoms with E-state index in [2.05, 4.69) is 17.8 Å². The number of ether oxygens (including phenoxy) is 1. The standard InChI is InChI=1S/C20H28N2O4/c1-2-3-4-19(23)22-21-12-16-15(17-9-10-18(16)26-17)11-13-5-7-14(8-6-13)20(24)25/h5-8,15-18,21H,2-4,9-12H2,1H3,(H,22,23)(H,24,25)/t15-,16+,17-,18+/m1/s1. The summed E-state index contributed by atoms with van der Waals surface area (Å²) in [6, 6.07) is 7.11. The lowest BCUT2D eigenvalue weighted by Crippen LogP contribution is -2.44. The normalized spacial score (nSPS) is 26.8. The number of carbonyl (C=O) groups excluding carboxylic acids is 1. The summed E-state index contributed by atoms with van der Waals surface area (Å²) in [6.45, 7) is 2.78. The van der Waals surface area contributed by atoms with Crippen LogP contribution in [0.15, 0.2) is 24.3 Å². The van der Waals surface area contributed by atoms with Crippen molar-refractivity contribution in [3.63, 3.8) is 0 Å². The first-order valence-electron chi connectivity index (χ1n) is 9.58. The van der Waals surface area contributed by atoms with Crippen molar-refractivity contribution in [3.05, 3.63) is 35.4 Å². The smallest absolute Gasteiger partial charge is 0.335 e. The SMILES string of the molecule is CCCCC(=O)NNC[C@H]1[C@@H](Cc2ccc(C(=O)O)cc2)[C@H]2CC[C@@H]1O2. The third-order valence-electron chi connectivity index (χ3n) is 5.59. The molecule has 142 valence electrons. The minimum absolute atomic E-state index is 0.0386. The Morgan fingerprint density at radius 3 is 2.50 bits per heavy atom. The molecule has 0 unspecified atom stereocenters. The molecule has 0 aliphatic carbocycles. The monoisotopic (exact) mass is 360 g/mol. The molecule has 2 aliphatic rings. The van der Waals surface area contributed by atoms with Crippen molar-refractivity contribution in [2.45, 2.75) is 57.7 Å². The van der Waals surface area contributed by atoms with Crippen molar-refractivity contribution in [2.75, 3.05) is 6.54 Å². The number of rotatable bonds is 9. The van der Waals surface area contributed by atoms with Crippen LogP contribution in [0.5, 0.6) is 0 Å². The average Bonchev–Trinajstić information content (AvgIpc) is 3.23. The van der Waals surface area contributed by atoms with Crippen molar-refractivity contribution in [1.82, 2.24) is 10.9 Å². The molecule has 0 radical (unpaired) electrons. The second kappa shape index (κ2) is 8.64. The van der Waals surface area contributed by atoms with Gasteiger partial charge in [-0.2, -0.15) is 0 Å². The minimum atomic E-state index is -0.902. The van der Waals surface area contributed by atoms with Gasteiger partial charge >= 0.3 is 5.97 Å². The Balaban J connectivity index is 1.55. The summed E-state index contributed by atoms with van der Waals surface area (Å²) in [5, 5.41) is 9.02. The molecule has 2 heterocycles. The maximum absolute atomic E-state index is 11.7. The molecule has 3 N–H and O–H groups in total. The molecule has 0 saturated carbocycles. The highest BCUT2D eigenvalue weighted by Crippen LogP contribution is 2.44. The molecular formula is C20H28N2O4. The first kappa shape index (κ1) is 18.9. The number of hydrogen-bond acceptors (Lipinski definition) is 4. The zero-order valence-corrected chi connectivity index (χ0v) is 15.2. The number of benzene rings is 1. The Bertz CT molecular complexity index is 631. The fourth-order valence-corrected chi connectivity index (χ4v) is 4.16. The molecular weight excluding hydrogens is 332 g/mol. The largest absolute Gasteiger partial charge is 0.478 e. The number of carboxylic acids is 1. The zero-order chi connectivity index (χ0) is 18.5. The lowest BCUT2D eigenvalue weighted by Gasteiger charge is -2.28. The van der Waals surface area contributed by atoms with Crippen molar-refractivity contribution in [2.24, 2.45) is 11.8 Å². The number of fused-ring (bicyclic) bond motifs is 2. The van der Waals surface area contributed by atoms with Crippen molar-refractivity contribution >= 4 is 11.9 Å². The molecule has 2 bridgehead atoms. The van der Waals surface area contributed by atoms with Gasteiger partial charge in [0.25, 0.3) is 0 Å². The molecule has 6 heteroatoms. The van der Waals surface area contributed by atoms with E-state index in [9.17, 15) is 9.59 Å². The second-order valence-corrected chi connectivity index (χ2v) is 7.36. The van der Waals surface area contributed by atoms with Gasteiger partial charge in [-0.3, -0.25) is 10.2 Å². The van der Waals surface area contributed by atoms with E-state index in [0.717, 1.165) is 37.7 Å². The molecule has 26 heavy (non-hydrogen) atoms. The Morgan fingerprint density at radius 1 is 1.15 bits per heavy atom.